The van der Waals surface area contributed by atoms with Crippen LogP contribution in [-0.4, -0.2) is 63.1 Å². The van der Waals surface area contributed by atoms with Crippen LogP contribution in [-0.2, 0) is 30.9 Å². The number of nitrogens with zero attached hydrogens (tertiary/aromatic N) is 3. The summed E-state index contributed by atoms with van der Waals surface area (Å²) < 4.78 is 45.6. The van der Waals surface area contributed by atoms with Crippen LogP contribution in [0.5, 0.6) is 11.5 Å². The smallest absolute Gasteiger partial charge is 0.325 e. The molecule has 0 saturated carbocycles. The number of carbonyl (C=O) groups is 2. The van der Waals surface area contributed by atoms with Gasteiger partial charge in [0, 0.05) is 11.6 Å². The highest BCUT2D eigenvalue weighted by molar-refractivity contribution is 7.89. The summed E-state index contributed by atoms with van der Waals surface area (Å²) in [5.74, 6) is -0.224. The molecule has 1 aromatic heterocycles. The van der Waals surface area contributed by atoms with Crippen molar-refractivity contribution in [2.75, 3.05) is 27.9 Å². The Bertz CT molecular complexity index is 1480. The summed E-state index contributed by atoms with van der Waals surface area (Å²) in [6, 6.07) is 8.20. The van der Waals surface area contributed by atoms with E-state index in [1.807, 2.05) is 0 Å². The largest absolute Gasteiger partial charge is 0.495 e. The third-order valence-electron chi connectivity index (χ3n) is 5.82. The Hall–Kier alpha value is -2.93. The lowest BCUT2D eigenvalue weighted by molar-refractivity contribution is -0.141. The zero-order chi connectivity index (χ0) is 26.0. The Balaban J connectivity index is 1.81. The molecular weight excluding hydrogens is 530 g/mol. The van der Waals surface area contributed by atoms with Crippen molar-refractivity contribution in [2.24, 2.45) is 4.99 Å². The van der Waals surface area contributed by atoms with Gasteiger partial charge in [-0.25, -0.2) is 8.42 Å². The summed E-state index contributed by atoms with van der Waals surface area (Å²) in [5, 5.41) is 0.406. The Morgan fingerprint density at radius 2 is 1.75 bits per heavy atom. The maximum absolute atomic E-state index is 13.4. The average Bonchev–Trinajstić information content (AvgIpc) is 3.50. The second-order valence-corrected chi connectivity index (χ2v) is 11.2. The Morgan fingerprint density at radius 3 is 2.39 bits per heavy atom. The molecule has 2 aromatic carbocycles. The first-order valence-corrected chi connectivity index (χ1v) is 13.5. The number of aromatic nitrogens is 1. The molecule has 0 radical (unpaired) electrons. The van der Waals surface area contributed by atoms with Crippen LogP contribution >= 0.6 is 22.9 Å². The zero-order valence-corrected chi connectivity index (χ0v) is 22.2. The van der Waals surface area contributed by atoms with Gasteiger partial charge in [-0.1, -0.05) is 22.9 Å². The van der Waals surface area contributed by atoms with Crippen molar-refractivity contribution in [3.05, 3.63) is 46.2 Å². The predicted molar refractivity (Wildman–Crippen MR) is 134 cm³/mol. The van der Waals surface area contributed by atoms with E-state index in [-0.39, 0.29) is 22.8 Å². The first-order chi connectivity index (χ1) is 17.2. The summed E-state index contributed by atoms with van der Waals surface area (Å²) in [4.78, 5) is 30.1. The van der Waals surface area contributed by atoms with Gasteiger partial charge in [-0.3, -0.25) is 9.59 Å². The number of methoxy groups -OCH3 is 3. The van der Waals surface area contributed by atoms with Crippen molar-refractivity contribution in [1.29, 1.82) is 0 Å². The van der Waals surface area contributed by atoms with E-state index < -0.39 is 27.9 Å². The molecule has 1 aliphatic heterocycles. The molecular formula is C23H24ClN3O7S2. The highest BCUT2D eigenvalue weighted by Crippen LogP contribution is 2.35. The molecule has 1 aliphatic rings. The molecule has 4 rings (SSSR count). The minimum absolute atomic E-state index is 0.0451. The van der Waals surface area contributed by atoms with Gasteiger partial charge in [-0.05, 0) is 49.2 Å². The van der Waals surface area contributed by atoms with Crippen molar-refractivity contribution in [3.63, 3.8) is 0 Å². The summed E-state index contributed by atoms with van der Waals surface area (Å²) in [7, 11) is 0.308. The number of rotatable bonds is 7. The first-order valence-electron chi connectivity index (χ1n) is 10.9. The molecule has 1 amide bonds. The van der Waals surface area contributed by atoms with Gasteiger partial charge in [-0.15, -0.1) is 0 Å². The maximum Gasteiger partial charge on any atom is 0.325 e. The van der Waals surface area contributed by atoms with Crippen LogP contribution in [0.15, 0.2) is 46.3 Å². The van der Waals surface area contributed by atoms with Crippen LogP contribution < -0.4 is 14.3 Å². The second kappa shape index (κ2) is 10.6. The van der Waals surface area contributed by atoms with Crippen LogP contribution in [0.4, 0.5) is 0 Å². The van der Waals surface area contributed by atoms with E-state index >= 15 is 0 Å². The van der Waals surface area contributed by atoms with E-state index in [4.69, 9.17) is 25.8 Å². The first kappa shape index (κ1) is 26.1. The average molecular weight is 554 g/mol. The highest BCUT2D eigenvalue weighted by Gasteiger charge is 2.39. The molecule has 1 fully saturated rings. The molecule has 1 saturated heterocycles. The Labute approximate surface area is 216 Å². The Kier molecular flexibility index (Phi) is 7.69. The third-order valence-corrected chi connectivity index (χ3v) is 9.09. The molecule has 0 bridgehead atoms. The van der Waals surface area contributed by atoms with Crippen molar-refractivity contribution in [2.45, 2.75) is 30.3 Å². The normalized spacial score (nSPS) is 16.9. The number of ether oxygens (including phenoxy) is 3. The van der Waals surface area contributed by atoms with E-state index in [1.165, 1.54) is 54.5 Å². The number of halogens is 1. The molecule has 0 spiro atoms. The quantitative estimate of drug-likeness (QED) is 0.413. The number of hydrogen-bond donors (Lipinski definition) is 0. The van der Waals surface area contributed by atoms with Gasteiger partial charge < -0.3 is 18.8 Å². The number of sulfonamides is 1. The van der Waals surface area contributed by atoms with Gasteiger partial charge in [0.15, 0.2) is 4.80 Å². The minimum atomic E-state index is -3.94. The van der Waals surface area contributed by atoms with Gasteiger partial charge in [0.2, 0.25) is 10.0 Å². The molecule has 36 heavy (non-hydrogen) atoms. The molecule has 0 N–H and O–H groups in total. The number of amides is 1. The molecule has 10 nitrogen and oxygen atoms in total. The lowest BCUT2D eigenvalue weighted by Gasteiger charge is -2.21. The summed E-state index contributed by atoms with van der Waals surface area (Å²) in [6.45, 7) is -0.0449. The maximum atomic E-state index is 13.4. The van der Waals surface area contributed by atoms with Crippen LogP contribution in [0.3, 0.4) is 0 Å². The number of esters is 1. The van der Waals surface area contributed by atoms with E-state index in [0.717, 1.165) is 11.3 Å². The lowest BCUT2D eigenvalue weighted by atomic mass is 10.2. The topological polar surface area (TPSA) is 116 Å². The SMILES string of the molecule is COC(=O)Cn1c(=NC(=O)C2CCCN2S(=O)(=O)c2ccc(Cl)cc2)sc2c(OC)ccc(OC)c21. The molecule has 1 atom stereocenters. The molecule has 3 aromatic rings. The third kappa shape index (κ3) is 4.85. The monoisotopic (exact) mass is 553 g/mol. The Morgan fingerprint density at radius 1 is 1.08 bits per heavy atom. The molecule has 1 unspecified atom stereocenters. The fourth-order valence-corrected chi connectivity index (χ4v) is 6.99. The summed E-state index contributed by atoms with van der Waals surface area (Å²) in [6.07, 6.45) is 0.832. The zero-order valence-electron chi connectivity index (χ0n) is 19.8. The van der Waals surface area contributed by atoms with Gasteiger partial charge in [0.1, 0.15) is 34.3 Å². The van der Waals surface area contributed by atoms with E-state index in [9.17, 15) is 18.0 Å². The molecule has 13 heteroatoms. The standard InChI is InChI=1S/C23H24ClN3O7S2/c1-32-17-10-11-18(33-2)21-20(17)26(13-19(28)34-3)23(35-21)25-22(29)16-5-4-12-27(16)36(30,31)15-8-6-14(24)7-9-15/h6-11,16H,4-5,12-13H2,1-3H3. The van der Waals surface area contributed by atoms with E-state index in [2.05, 4.69) is 4.99 Å². The second-order valence-electron chi connectivity index (χ2n) is 7.87. The van der Waals surface area contributed by atoms with Crippen molar-refractivity contribution in [3.8, 4) is 11.5 Å². The number of thiazole rings is 1. The van der Waals surface area contributed by atoms with E-state index in [1.54, 1.807) is 12.1 Å². The lowest BCUT2D eigenvalue weighted by Crippen LogP contribution is -2.40. The van der Waals surface area contributed by atoms with Gasteiger partial charge in [-0.2, -0.15) is 9.30 Å². The van der Waals surface area contributed by atoms with Crippen LogP contribution in [0.25, 0.3) is 10.2 Å². The summed E-state index contributed by atoms with van der Waals surface area (Å²) >= 11 is 7.03. The van der Waals surface area contributed by atoms with Gasteiger partial charge in [0.05, 0.1) is 26.2 Å². The molecule has 2 heterocycles. The number of benzene rings is 2. The molecule has 0 aliphatic carbocycles. The van der Waals surface area contributed by atoms with Crippen molar-refractivity contribution in [1.82, 2.24) is 8.87 Å². The predicted octanol–water partition coefficient (Wildman–Crippen LogP) is 2.83. The van der Waals surface area contributed by atoms with E-state index in [0.29, 0.717) is 39.6 Å². The van der Waals surface area contributed by atoms with Gasteiger partial charge >= 0.3 is 5.97 Å². The minimum Gasteiger partial charge on any atom is -0.495 e. The molecule has 192 valence electrons. The number of fused-ring (bicyclic) bond motifs is 1. The highest BCUT2D eigenvalue weighted by atomic mass is 35.5. The van der Waals surface area contributed by atoms with Crippen LogP contribution in [0.2, 0.25) is 5.02 Å². The van der Waals surface area contributed by atoms with Crippen molar-refractivity contribution >= 4 is 55.1 Å². The van der Waals surface area contributed by atoms with Crippen molar-refractivity contribution < 1.29 is 32.2 Å². The fourth-order valence-electron chi connectivity index (χ4n) is 4.07. The van der Waals surface area contributed by atoms with Crippen LogP contribution in [0.1, 0.15) is 12.8 Å². The van der Waals surface area contributed by atoms with Gasteiger partial charge in [0.25, 0.3) is 5.91 Å². The fraction of sp³-hybridized carbons (Fsp3) is 0.348. The van der Waals surface area contributed by atoms with Crippen LogP contribution in [0, 0.1) is 0 Å². The number of carbonyl (C=O) groups excluding carboxylic acids is 2. The summed E-state index contributed by atoms with van der Waals surface area (Å²) in [5.41, 5.74) is 0.510. The number of hydrogen-bond acceptors (Lipinski definition) is 8.